The van der Waals surface area contributed by atoms with Crippen molar-refractivity contribution in [3.05, 3.63) is 0 Å². The molecule has 2 atom stereocenters. The average molecular weight is 258 g/mol. The average Bonchev–Trinajstić information content (AvgIpc) is 2.29. The first-order chi connectivity index (χ1) is 8.33. The Kier molecular flexibility index (Phi) is 5.56. The summed E-state index contributed by atoms with van der Waals surface area (Å²) in [5, 5.41) is 9.03. The Labute approximate surface area is 109 Å². The molecule has 5 nitrogen and oxygen atoms in total. The van der Waals surface area contributed by atoms with E-state index < -0.39 is 11.5 Å². The fraction of sp³-hybridized carbons (Fsp3) is 0.923. The molecule has 0 bridgehead atoms. The van der Waals surface area contributed by atoms with E-state index in [0.717, 1.165) is 32.6 Å². The Morgan fingerprint density at radius 2 is 2.11 bits per heavy atom. The van der Waals surface area contributed by atoms with E-state index in [4.69, 9.17) is 15.6 Å². The van der Waals surface area contributed by atoms with Crippen LogP contribution in [-0.2, 0) is 9.53 Å². The predicted octanol–water partition coefficient (Wildman–Crippen LogP) is 0.925. The Balaban J connectivity index is 2.40. The van der Waals surface area contributed by atoms with Crippen molar-refractivity contribution in [2.45, 2.75) is 44.7 Å². The van der Waals surface area contributed by atoms with Crippen LogP contribution < -0.4 is 5.73 Å². The first kappa shape index (κ1) is 15.4. The Morgan fingerprint density at radius 1 is 1.56 bits per heavy atom. The van der Waals surface area contributed by atoms with Gasteiger partial charge in [0.25, 0.3) is 0 Å². The normalized spacial score (nSPS) is 22.7. The van der Waals surface area contributed by atoms with Gasteiger partial charge in [0.2, 0.25) is 0 Å². The number of hydrogen-bond donors (Lipinski definition) is 2. The molecule has 0 saturated carbocycles. The second kappa shape index (κ2) is 6.50. The van der Waals surface area contributed by atoms with Crippen molar-refractivity contribution in [1.29, 1.82) is 0 Å². The fourth-order valence-corrected chi connectivity index (χ4v) is 2.37. The summed E-state index contributed by atoms with van der Waals surface area (Å²) in [6.45, 7) is 6.29. The van der Waals surface area contributed by atoms with Gasteiger partial charge >= 0.3 is 5.97 Å². The van der Waals surface area contributed by atoms with E-state index in [-0.39, 0.29) is 6.04 Å². The second-order valence-electron chi connectivity index (χ2n) is 5.77. The summed E-state index contributed by atoms with van der Waals surface area (Å²) in [6, 6.07) is 0.166. The minimum absolute atomic E-state index is 0.166. The first-order valence-corrected chi connectivity index (χ1v) is 6.63. The first-order valence-electron chi connectivity index (χ1n) is 6.63. The summed E-state index contributed by atoms with van der Waals surface area (Å²) >= 11 is 0. The van der Waals surface area contributed by atoms with Crippen molar-refractivity contribution < 1.29 is 14.6 Å². The lowest BCUT2D eigenvalue weighted by molar-refractivity contribution is -0.143. The van der Waals surface area contributed by atoms with Gasteiger partial charge in [-0.1, -0.05) is 0 Å². The van der Waals surface area contributed by atoms with Crippen LogP contribution in [-0.4, -0.2) is 54.4 Å². The molecule has 1 heterocycles. The summed E-state index contributed by atoms with van der Waals surface area (Å²) in [4.78, 5) is 13.2. The van der Waals surface area contributed by atoms with Crippen LogP contribution in [0.15, 0.2) is 0 Å². The molecule has 3 N–H and O–H groups in total. The van der Waals surface area contributed by atoms with Crippen molar-refractivity contribution >= 4 is 5.97 Å². The molecule has 0 aromatic rings. The number of hydrogen-bond acceptors (Lipinski definition) is 4. The smallest absolute Gasteiger partial charge is 0.323 e. The lowest BCUT2D eigenvalue weighted by atomic mass is 9.93. The van der Waals surface area contributed by atoms with Crippen LogP contribution in [0.3, 0.4) is 0 Å². The standard InChI is InChI=1S/C13H26N2O3/c1-10(8-13(2,14)12(16)17)15(3)9-11-4-6-18-7-5-11/h10-11H,4-9,14H2,1-3H3,(H,16,17). The topological polar surface area (TPSA) is 75.8 Å². The lowest BCUT2D eigenvalue weighted by Crippen LogP contribution is -2.50. The number of aliphatic carboxylic acids is 1. The van der Waals surface area contributed by atoms with Crippen molar-refractivity contribution in [3.8, 4) is 0 Å². The maximum absolute atomic E-state index is 11.0. The van der Waals surface area contributed by atoms with Gasteiger partial charge in [-0.05, 0) is 46.1 Å². The predicted molar refractivity (Wildman–Crippen MR) is 70.5 cm³/mol. The third kappa shape index (κ3) is 4.55. The highest BCUT2D eigenvalue weighted by molar-refractivity contribution is 5.77. The molecule has 1 saturated heterocycles. The van der Waals surface area contributed by atoms with E-state index in [1.807, 2.05) is 14.0 Å². The van der Waals surface area contributed by atoms with E-state index >= 15 is 0 Å². The van der Waals surface area contributed by atoms with Crippen LogP contribution in [0.2, 0.25) is 0 Å². The van der Waals surface area contributed by atoms with Crippen molar-refractivity contribution in [2.75, 3.05) is 26.8 Å². The molecule has 1 fully saturated rings. The summed E-state index contributed by atoms with van der Waals surface area (Å²) in [6.07, 6.45) is 2.65. The molecule has 1 aliphatic heterocycles. The van der Waals surface area contributed by atoms with Crippen LogP contribution in [0.5, 0.6) is 0 Å². The molecule has 2 unspecified atom stereocenters. The molecule has 0 spiro atoms. The van der Waals surface area contributed by atoms with Gasteiger partial charge in [-0.2, -0.15) is 0 Å². The molecule has 1 rings (SSSR count). The van der Waals surface area contributed by atoms with Crippen LogP contribution >= 0.6 is 0 Å². The van der Waals surface area contributed by atoms with Gasteiger partial charge in [0.1, 0.15) is 5.54 Å². The molecule has 1 aliphatic rings. The van der Waals surface area contributed by atoms with Crippen LogP contribution in [0.4, 0.5) is 0 Å². The highest BCUT2D eigenvalue weighted by atomic mass is 16.5. The second-order valence-corrected chi connectivity index (χ2v) is 5.77. The Bertz CT molecular complexity index is 275. The lowest BCUT2D eigenvalue weighted by Gasteiger charge is -2.33. The molecule has 0 aromatic heterocycles. The zero-order valence-electron chi connectivity index (χ0n) is 11.7. The van der Waals surface area contributed by atoms with Crippen molar-refractivity contribution in [2.24, 2.45) is 11.7 Å². The number of carboxylic acid groups (broad SMARTS) is 1. The minimum atomic E-state index is -1.15. The fourth-order valence-electron chi connectivity index (χ4n) is 2.37. The minimum Gasteiger partial charge on any atom is -0.480 e. The molecule has 0 aromatic carbocycles. The molecule has 0 radical (unpaired) electrons. The van der Waals surface area contributed by atoms with E-state index in [1.165, 1.54) is 0 Å². The van der Waals surface area contributed by atoms with Crippen LogP contribution in [0, 0.1) is 5.92 Å². The molecule has 0 aliphatic carbocycles. The number of nitrogens with zero attached hydrogens (tertiary/aromatic N) is 1. The van der Waals surface area contributed by atoms with Crippen molar-refractivity contribution in [3.63, 3.8) is 0 Å². The summed E-state index contributed by atoms with van der Waals surface area (Å²) in [7, 11) is 2.04. The van der Waals surface area contributed by atoms with Gasteiger partial charge in [0, 0.05) is 25.8 Å². The van der Waals surface area contributed by atoms with E-state index in [1.54, 1.807) is 6.92 Å². The molecular weight excluding hydrogens is 232 g/mol. The van der Waals surface area contributed by atoms with Gasteiger partial charge in [0.05, 0.1) is 0 Å². The molecule has 5 heteroatoms. The van der Waals surface area contributed by atoms with E-state index in [9.17, 15) is 4.79 Å². The maximum Gasteiger partial charge on any atom is 0.323 e. The number of rotatable bonds is 6. The quantitative estimate of drug-likeness (QED) is 0.741. The van der Waals surface area contributed by atoms with Gasteiger partial charge in [-0.3, -0.25) is 4.79 Å². The summed E-state index contributed by atoms with van der Waals surface area (Å²) in [5.41, 5.74) is 4.64. The van der Waals surface area contributed by atoms with E-state index in [2.05, 4.69) is 4.90 Å². The summed E-state index contributed by atoms with van der Waals surface area (Å²) < 4.78 is 5.34. The third-order valence-corrected chi connectivity index (χ3v) is 3.85. The largest absolute Gasteiger partial charge is 0.480 e. The van der Waals surface area contributed by atoms with Crippen LogP contribution in [0.1, 0.15) is 33.1 Å². The highest BCUT2D eigenvalue weighted by Gasteiger charge is 2.31. The van der Waals surface area contributed by atoms with Gasteiger partial charge < -0.3 is 20.5 Å². The Morgan fingerprint density at radius 3 is 2.61 bits per heavy atom. The number of carboxylic acids is 1. The van der Waals surface area contributed by atoms with Gasteiger partial charge in [0.15, 0.2) is 0 Å². The maximum atomic E-state index is 11.0. The third-order valence-electron chi connectivity index (χ3n) is 3.85. The zero-order chi connectivity index (χ0) is 13.8. The monoisotopic (exact) mass is 258 g/mol. The number of carbonyl (C=O) groups is 1. The van der Waals surface area contributed by atoms with Gasteiger partial charge in [-0.25, -0.2) is 0 Å². The molecule has 0 amide bonds. The Hall–Kier alpha value is -0.650. The van der Waals surface area contributed by atoms with Crippen molar-refractivity contribution in [1.82, 2.24) is 4.90 Å². The zero-order valence-corrected chi connectivity index (χ0v) is 11.7. The molecule has 18 heavy (non-hydrogen) atoms. The number of ether oxygens (including phenoxy) is 1. The summed E-state index contributed by atoms with van der Waals surface area (Å²) in [5.74, 6) is -0.283. The van der Waals surface area contributed by atoms with E-state index in [0.29, 0.717) is 12.3 Å². The molecule has 106 valence electrons. The number of nitrogens with two attached hydrogens (primary N) is 1. The SMILES string of the molecule is CC(CC(C)(N)C(=O)O)N(C)CC1CCOCC1. The van der Waals surface area contributed by atoms with Crippen LogP contribution in [0.25, 0.3) is 0 Å². The highest BCUT2D eigenvalue weighted by Crippen LogP contribution is 2.19. The molecular formula is C13H26N2O3. The van der Waals surface area contributed by atoms with Gasteiger partial charge in [-0.15, -0.1) is 0 Å².